The molecule has 0 aliphatic heterocycles. The van der Waals surface area contributed by atoms with E-state index in [1.807, 2.05) is 0 Å². The molecular weight excluding hydrogens is 495 g/mol. The van der Waals surface area contributed by atoms with Gasteiger partial charge >= 0.3 is 18.4 Å². The maximum atomic E-state index is 12.7. The summed E-state index contributed by atoms with van der Waals surface area (Å²) in [4.78, 5) is 36.6. The van der Waals surface area contributed by atoms with Crippen molar-refractivity contribution in [3.05, 3.63) is 75.7 Å². The number of carboxylic acids is 1. The number of halogens is 3. The van der Waals surface area contributed by atoms with Crippen LogP contribution in [0.15, 0.2) is 53.3 Å². The van der Waals surface area contributed by atoms with Crippen LogP contribution >= 0.6 is 0 Å². The molecule has 0 saturated heterocycles. The number of hydrogen-bond donors (Lipinski definition) is 4. The molecule has 0 bridgehead atoms. The third kappa shape index (κ3) is 6.81. The Bertz CT molecular complexity index is 1400. The summed E-state index contributed by atoms with van der Waals surface area (Å²) in [5.41, 5.74) is 1.31. The summed E-state index contributed by atoms with van der Waals surface area (Å²) < 4.78 is 43.2. The summed E-state index contributed by atoms with van der Waals surface area (Å²) in [6.07, 6.45) is -5.41. The molecule has 12 heteroatoms. The van der Waals surface area contributed by atoms with E-state index in [4.69, 9.17) is 0 Å². The van der Waals surface area contributed by atoms with Gasteiger partial charge in [-0.3, -0.25) is 9.59 Å². The normalized spacial score (nSPS) is 12.1. The smallest absolute Gasteiger partial charge is 0.505 e. The lowest BCUT2D eigenvalue weighted by atomic mass is 9.94. The van der Waals surface area contributed by atoms with Gasteiger partial charge in [-0.2, -0.15) is 0 Å². The van der Waals surface area contributed by atoms with Gasteiger partial charge in [0.25, 0.3) is 5.56 Å². The number of benzene rings is 2. The average molecular weight is 519 g/mol. The van der Waals surface area contributed by atoms with Crippen molar-refractivity contribution >= 4 is 17.7 Å². The highest BCUT2D eigenvalue weighted by atomic mass is 19.4. The van der Waals surface area contributed by atoms with Crippen LogP contribution in [0.3, 0.4) is 0 Å². The lowest BCUT2D eigenvalue weighted by Crippen LogP contribution is -2.36. The Balaban J connectivity index is 1.92. The molecular formula is C25H24F3N3O6. The van der Waals surface area contributed by atoms with Crippen LogP contribution in [-0.2, 0) is 11.8 Å². The largest absolute Gasteiger partial charge is 0.573 e. The minimum absolute atomic E-state index is 0.348. The van der Waals surface area contributed by atoms with E-state index < -0.39 is 47.9 Å². The van der Waals surface area contributed by atoms with Gasteiger partial charge in [0.15, 0.2) is 5.69 Å². The van der Waals surface area contributed by atoms with E-state index in [2.05, 4.69) is 15.4 Å². The van der Waals surface area contributed by atoms with Crippen molar-refractivity contribution in [2.45, 2.75) is 32.7 Å². The molecule has 3 rings (SSSR count). The third-order valence-corrected chi connectivity index (χ3v) is 5.61. The molecule has 196 valence electrons. The second kappa shape index (κ2) is 10.6. The van der Waals surface area contributed by atoms with Gasteiger partial charge in [0.1, 0.15) is 11.5 Å². The zero-order chi connectivity index (χ0) is 27.5. The second-order valence-electron chi connectivity index (χ2n) is 8.31. The average Bonchev–Trinajstić information content (AvgIpc) is 2.79. The lowest BCUT2D eigenvalue weighted by Gasteiger charge is -2.20. The summed E-state index contributed by atoms with van der Waals surface area (Å²) in [6.45, 7) is 3.31. The quantitative estimate of drug-likeness (QED) is 0.361. The fraction of sp³-hybridized carbons (Fsp3) is 0.240. The molecule has 9 nitrogen and oxygen atoms in total. The summed E-state index contributed by atoms with van der Waals surface area (Å²) >= 11 is 0. The Morgan fingerprint density at radius 3 is 2.46 bits per heavy atom. The SMILES string of the molecule is Cc1ccc([C@H](CC(=O)O)NC(=O)Nc2c(O)cc(C)n(C)c2=O)cc1-c1cccc(OC(F)(F)F)c1. The van der Waals surface area contributed by atoms with Gasteiger partial charge in [0.2, 0.25) is 0 Å². The van der Waals surface area contributed by atoms with Crippen molar-refractivity contribution in [1.82, 2.24) is 9.88 Å². The molecule has 0 radical (unpaired) electrons. The van der Waals surface area contributed by atoms with Crippen LogP contribution in [0, 0.1) is 13.8 Å². The number of aromatic hydroxyl groups is 1. The molecule has 2 amide bonds. The Morgan fingerprint density at radius 1 is 1.11 bits per heavy atom. The van der Waals surface area contributed by atoms with E-state index in [1.54, 1.807) is 38.1 Å². The summed E-state index contributed by atoms with van der Waals surface area (Å²) in [6, 6.07) is 9.33. The first-order chi connectivity index (χ1) is 17.2. The number of aromatic nitrogens is 1. The summed E-state index contributed by atoms with van der Waals surface area (Å²) in [5.74, 6) is -2.11. The number of pyridine rings is 1. The fourth-order valence-corrected chi connectivity index (χ4v) is 3.68. The summed E-state index contributed by atoms with van der Waals surface area (Å²) in [5, 5.41) is 24.2. The van der Waals surface area contributed by atoms with Gasteiger partial charge in [0, 0.05) is 18.8 Å². The molecule has 1 aromatic heterocycles. The Kier molecular flexibility index (Phi) is 7.80. The van der Waals surface area contributed by atoms with Crippen LogP contribution in [0.2, 0.25) is 0 Å². The van der Waals surface area contributed by atoms with Crippen molar-refractivity contribution in [2.75, 3.05) is 5.32 Å². The standard InChI is InChI=1S/C25H24F3N3O6/c1-13-7-8-16(11-18(13)15-5-4-6-17(10-15)37-25(26,27)28)19(12-21(33)34)29-24(36)30-22-20(32)9-14(2)31(3)23(22)35/h4-11,19,32H,12H2,1-3H3,(H,33,34)(H2,29,30,36)/t19-/m0/s1. The van der Waals surface area contributed by atoms with Crippen molar-refractivity contribution in [3.63, 3.8) is 0 Å². The number of urea groups is 1. The number of ether oxygens (including phenoxy) is 1. The van der Waals surface area contributed by atoms with Crippen LogP contribution in [0.1, 0.15) is 29.3 Å². The van der Waals surface area contributed by atoms with Crippen molar-refractivity contribution in [3.8, 4) is 22.6 Å². The molecule has 0 aliphatic rings. The molecule has 1 heterocycles. The number of anilines is 1. The van der Waals surface area contributed by atoms with Gasteiger partial charge in [-0.25, -0.2) is 4.79 Å². The lowest BCUT2D eigenvalue weighted by molar-refractivity contribution is -0.274. The highest BCUT2D eigenvalue weighted by Gasteiger charge is 2.31. The number of aliphatic carboxylic acids is 1. The minimum Gasteiger partial charge on any atom is -0.505 e. The molecule has 0 saturated carbocycles. The monoisotopic (exact) mass is 519 g/mol. The van der Waals surface area contributed by atoms with E-state index in [0.717, 1.165) is 6.07 Å². The van der Waals surface area contributed by atoms with Crippen molar-refractivity contribution < 1.29 is 37.7 Å². The Hall–Kier alpha value is -4.48. The molecule has 2 aromatic carbocycles. The van der Waals surface area contributed by atoms with Gasteiger partial charge in [0.05, 0.1) is 12.5 Å². The number of carbonyl (C=O) groups is 2. The number of rotatable bonds is 7. The fourth-order valence-electron chi connectivity index (χ4n) is 3.68. The zero-order valence-electron chi connectivity index (χ0n) is 20.0. The second-order valence-corrected chi connectivity index (χ2v) is 8.31. The number of aryl methyl sites for hydroxylation is 2. The highest BCUT2D eigenvalue weighted by molar-refractivity contribution is 5.91. The van der Waals surface area contributed by atoms with Crippen LogP contribution in [0.25, 0.3) is 11.1 Å². The number of amides is 2. The van der Waals surface area contributed by atoms with Crippen LogP contribution < -0.4 is 20.9 Å². The molecule has 0 fully saturated rings. The number of alkyl halides is 3. The third-order valence-electron chi connectivity index (χ3n) is 5.61. The number of carboxylic acid groups (broad SMARTS) is 1. The van der Waals surface area contributed by atoms with Gasteiger partial charge in [-0.1, -0.05) is 24.3 Å². The molecule has 0 spiro atoms. The van der Waals surface area contributed by atoms with E-state index in [1.165, 1.54) is 29.8 Å². The Labute approximate surface area is 209 Å². The maximum Gasteiger partial charge on any atom is 0.573 e. The zero-order valence-corrected chi connectivity index (χ0v) is 20.0. The number of nitrogens with zero attached hydrogens (tertiary/aromatic N) is 1. The molecule has 37 heavy (non-hydrogen) atoms. The molecule has 1 atom stereocenters. The molecule has 3 aromatic rings. The van der Waals surface area contributed by atoms with E-state index >= 15 is 0 Å². The van der Waals surface area contributed by atoms with Gasteiger partial charge in [-0.05, 0) is 54.3 Å². The van der Waals surface area contributed by atoms with Crippen molar-refractivity contribution in [2.24, 2.45) is 7.05 Å². The van der Waals surface area contributed by atoms with Crippen LogP contribution in [0.5, 0.6) is 11.5 Å². The first-order valence-electron chi connectivity index (χ1n) is 10.9. The Morgan fingerprint density at radius 2 is 1.81 bits per heavy atom. The van der Waals surface area contributed by atoms with Gasteiger partial charge < -0.3 is 30.2 Å². The number of nitrogens with one attached hydrogen (secondary N) is 2. The molecule has 4 N–H and O–H groups in total. The minimum atomic E-state index is -4.87. The number of hydrogen-bond acceptors (Lipinski definition) is 5. The molecule has 0 aliphatic carbocycles. The maximum absolute atomic E-state index is 12.7. The van der Waals surface area contributed by atoms with E-state index in [0.29, 0.717) is 27.9 Å². The van der Waals surface area contributed by atoms with Crippen LogP contribution in [-0.4, -0.2) is 33.1 Å². The van der Waals surface area contributed by atoms with Crippen LogP contribution in [0.4, 0.5) is 23.7 Å². The van der Waals surface area contributed by atoms with Gasteiger partial charge in [-0.15, -0.1) is 13.2 Å². The first-order valence-corrected chi connectivity index (χ1v) is 10.9. The predicted octanol–water partition coefficient (Wildman–Crippen LogP) is 4.61. The topological polar surface area (TPSA) is 130 Å². The molecule has 0 unspecified atom stereocenters. The summed E-state index contributed by atoms with van der Waals surface area (Å²) in [7, 11) is 1.45. The van der Waals surface area contributed by atoms with Crippen molar-refractivity contribution in [1.29, 1.82) is 0 Å². The number of carbonyl (C=O) groups excluding carboxylic acids is 1. The van der Waals surface area contributed by atoms with E-state index in [-0.39, 0.29) is 5.69 Å². The van der Waals surface area contributed by atoms with E-state index in [9.17, 15) is 37.8 Å². The predicted molar refractivity (Wildman–Crippen MR) is 129 cm³/mol. The first kappa shape index (κ1) is 27.1. The highest BCUT2D eigenvalue weighted by Crippen LogP contribution is 2.32.